The molecule has 1 atom stereocenters. The lowest BCUT2D eigenvalue weighted by Crippen LogP contribution is -2.48. The van der Waals surface area contributed by atoms with Crippen molar-refractivity contribution >= 4 is 23.6 Å². The van der Waals surface area contributed by atoms with E-state index in [0.29, 0.717) is 13.1 Å². The second-order valence-corrected chi connectivity index (χ2v) is 6.70. The molecule has 1 aliphatic rings. The van der Waals surface area contributed by atoms with E-state index in [2.05, 4.69) is 0 Å². The number of likely N-dealkylation sites (N-methyl/N-ethyl adjacent to an activating group) is 1. The Morgan fingerprint density at radius 1 is 1.33 bits per heavy atom. The normalized spacial score (nSPS) is 23.3. The summed E-state index contributed by atoms with van der Waals surface area (Å²) < 4.78 is -0.429. The molecule has 1 aliphatic heterocycles. The van der Waals surface area contributed by atoms with E-state index >= 15 is 0 Å². The minimum atomic E-state index is -0.950. The molecule has 1 amide bonds. The minimum Gasteiger partial charge on any atom is -0.480 e. The van der Waals surface area contributed by atoms with Crippen LogP contribution in [0.15, 0.2) is 0 Å². The van der Waals surface area contributed by atoms with Gasteiger partial charge in [0.25, 0.3) is 0 Å². The summed E-state index contributed by atoms with van der Waals surface area (Å²) >= 11 is 1.64. The summed E-state index contributed by atoms with van der Waals surface area (Å²) in [6.45, 7) is 2.87. The van der Waals surface area contributed by atoms with Gasteiger partial charge in [-0.05, 0) is 39.6 Å². The molecule has 1 unspecified atom stereocenters. The third-order valence-electron chi connectivity index (χ3n) is 3.10. The molecule has 18 heavy (non-hydrogen) atoms. The van der Waals surface area contributed by atoms with E-state index in [1.54, 1.807) is 11.8 Å². The second kappa shape index (κ2) is 6.43. The van der Waals surface area contributed by atoms with Crippen LogP contribution in [0.5, 0.6) is 0 Å². The van der Waals surface area contributed by atoms with Crippen LogP contribution < -0.4 is 0 Å². The van der Waals surface area contributed by atoms with E-state index in [4.69, 9.17) is 5.11 Å². The summed E-state index contributed by atoms with van der Waals surface area (Å²) in [5, 5.41) is 8.91. The number of rotatable bonds is 6. The number of amides is 1. The van der Waals surface area contributed by atoms with E-state index in [1.165, 1.54) is 4.90 Å². The van der Waals surface area contributed by atoms with Crippen LogP contribution in [0, 0.1) is 0 Å². The highest BCUT2D eigenvalue weighted by Crippen LogP contribution is 2.39. The summed E-state index contributed by atoms with van der Waals surface area (Å²) in [7, 11) is 3.82. The predicted octanol–water partition coefficient (Wildman–Crippen LogP) is 0.747. The monoisotopic (exact) mass is 274 g/mol. The molecule has 0 aromatic heterocycles. The third kappa shape index (κ3) is 4.17. The second-order valence-electron chi connectivity index (χ2n) is 5.11. The largest absolute Gasteiger partial charge is 0.480 e. The summed E-state index contributed by atoms with van der Waals surface area (Å²) in [5.41, 5.74) is 0. The van der Waals surface area contributed by atoms with Gasteiger partial charge in [-0.1, -0.05) is 0 Å². The van der Waals surface area contributed by atoms with Crippen molar-refractivity contribution in [1.82, 2.24) is 9.80 Å². The minimum absolute atomic E-state index is 0.0331. The Bertz CT molecular complexity index is 314. The molecule has 0 aliphatic carbocycles. The molecular formula is C12H22N2O3S. The first kappa shape index (κ1) is 15.3. The van der Waals surface area contributed by atoms with E-state index in [0.717, 1.165) is 18.6 Å². The van der Waals surface area contributed by atoms with Crippen molar-refractivity contribution in [2.75, 3.05) is 39.5 Å². The Balaban J connectivity index is 2.68. The maximum atomic E-state index is 12.4. The maximum absolute atomic E-state index is 12.4. The van der Waals surface area contributed by atoms with Crippen molar-refractivity contribution in [2.45, 2.75) is 24.5 Å². The third-order valence-corrected chi connectivity index (χ3v) is 4.61. The lowest BCUT2D eigenvalue weighted by molar-refractivity contribution is -0.145. The van der Waals surface area contributed by atoms with Gasteiger partial charge in [0.1, 0.15) is 6.54 Å². The van der Waals surface area contributed by atoms with Gasteiger partial charge in [-0.25, -0.2) is 0 Å². The molecule has 0 bridgehead atoms. The number of hydrogen-bond donors (Lipinski definition) is 1. The number of hydrogen-bond acceptors (Lipinski definition) is 4. The fourth-order valence-electron chi connectivity index (χ4n) is 2.02. The summed E-state index contributed by atoms with van der Waals surface area (Å²) in [6.07, 6.45) is 1.87. The molecule has 0 aromatic rings. The van der Waals surface area contributed by atoms with Crippen LogP contribution in [0.1, 0.15) is 19.8 Å². The molecular weight excluding hydrogens is 252 g/mol. The molecule has 5 nitrogen and oxygen atoms in total. The average Bonchev–Trinajstić information content (AvgIpc) is 2.71. The molecule has 0 aromatic carbocycles. The quantitative estimate of drug-likeness (QED) is 0.774. The van der Waals surface area contributed by atoms with Crippen LogP contribution in [0.4, 0.5) is 0 Å². The van der Waals surface area contributed by atoms with Crippen molar-refractivity contribution in [3.8, 4) is 0 Å². The number of carbonyl (C=O) groups is 2. The lowest BCUT2D eigenvalue weighted by Gasteiger charge is -2.30. The zero-order chi connectivity index (χ0) is 13.8. The molecule has 6 heteroatoms. The van der Waals surface area contributed by atoms with E-state index in [-0.39, 0.29) is 12.5 Å². The fourth-order valence-corrected chi connectivity index (χ4v) is 3.30. The number of aliphatic carboxylic acids is 1. The first-order valence-corrected chi connectivity index (χ1v) is 7.13. The summed E-state index contributed by atoms with van der Waals surface area (Å²) in [5.74, 6) is -0.000409. The average molecular weight is 274 g/mol. The predicted molar refractivity (Wildman–Crippen MR) is 72.9 cm³/mol. The number of carboxylic acids is 1. The zero-order valence-electron chi connectivity index (χ0n) is 11.3. The molecule has 1 fully saturated rings. The van der Waals surface area contributed by atoms with Crippen molar-refractivity contribution < 1.29 is 14.7 Å². The molecule has 1 N–H and O–H groups in total. The summed E-state index contributed by atoms with van der Waals surface area (Å²) in [4.78, 5) is 26.7. The maximum Gasteiger partial charge on any atom is 0.323 e. The SMILES string of the molecule is CN(C)CCN(CC(=O)O)C(=O)C1(C)CCCS1. The smallest absolute Gasteiger partial charge is 0.323 e. The van der Waals surface area contributed by atoms with Crippen molar-refractivity contribution in [1.29, 1.82) is 0 Å². The number of nitrogens with zero attached hydrogens (tertiary/aromatic N) is 2. The molecule has 0 spiro atoms. The Morgan fingerprint density at radius 3 is 2.44 bits per heavy atom. The standard InChI is InChI=1S/C12H22N2O3S/c1-12(5-4-8-18-12)11(17)14(9-10(15)16)7-6-13(2)3/h4-9H2,1-3H3,(H,15,16). The highest BCUT2D eigenvalue weighted by Gasteiger charge is 2.40. The van der Waals surface area contributed by atoms with E-state index < -0.39 is 10.7 Å². The lowest BCUT2D eigenvalue weighted by atomic mass is 10.0. The number of carbonyl (C=O) groups excluding carboxylic acids is 1. The van der Waals surface area contributed by atoms with Gasteiger partial charge in [0, 0.05) is 13.1 Å². The van der Waals surface area contributed by atoms with Gasteiger partial charge in [0.15, 0.2) is 0 Å². The summed E-state index contributed by atoms with van der Waals surface area (Å²) in [6, 6.07) is 0. The number of thioether (sulfide) groups is 1. The molecule has 0 radical (unpaired) electrons. The topological polar surface area (TPSA) is 60.9 Å². The molecule has 0 saturated carbocycles. The zero-order valence-corrected chi connectivity index (χ0v) is 12.1. The van der Waals surface area contributed by atoms with Gasteiger partial charge in [-0.3, -0.25) is 9.59 Å². The van der Waals surface area contributed by atoms with Crippen LogP contribution in [0.2, 0.25) is 0 Å². The fraction of sp³-hybridized carbons (Fsp3) is 0.833. The van der Waals surface area contributed by atoms with Gasteiger partial charge < -0.3 is 14.9 Å². The van der Waals surface area contributed by atoms with Gasteiger partial charge in [0.2, 0.25) is 5.91 Å². The van der Waals surface area contributed by atoms with Gasteiger partial charge in [-0.2, -0.15) is 0 Å². The Labute approximate surface area is 113 Å². The van der Waals surface area contributed by atoms with Crippen LogP contribution in [-0.4, -0.2) is 71.0 Å². The Morgan fingerprint density at radius 2 is 2.00 bits per heavy atom. The van der Waals surface area contributed by atoms with Crippen LogP contribution in [-0.2, 0) is 9.59 Å². The highest BCUT2D eigenvalue weighted by molar-refractivity contribution is 8.01. The molecule has 1 saturated heterocycles. The van der Waals surface area contributed by atoms with Crippen molar-refractivity contribution in [3.63, 3.8) is 0 Å². The van der Waals surface area contributed by atoms with Crippen LogP contribution >= 0.6 is 11.8 Å². The van der Waals surface area contributed by atoms with E-state index in [9.17, 15) is 9.59 Å². The van der Waals surface area contributed by atoms with Crippen LogP contribution in [0.25, 0.3) is 0 Å². The van der Waals surface area contributed by atoms with Gasteiger partial charge >= 0.3 is 5.97 Å². The first-order valence-electron chi connectivity index (χ1n) is 6.15. The molecule has 104 valence electrons. The van der Waals surface area contributed by atoms with Crippen LogP contribution in [0.3, 0.4) is 0 Å². The van der Waals surface area contributed by atoms with Crippen molar-refractivity contribution in [2.24, 2.45) is 0 Å². The number of carboxylic acid groups (broad SMARTS) is 1. The molecule has 1 heterocycles. The van der Waals surface area contributed by atoms with E-state index in [1.807, 2.05) is 25.9 Å². The Hall–Kier alpha value is -0.750. The van der Waals surface area contributed by atoms with Gasteiger partial charge in [0.05, 0.1) is 4.75 Å². The van der Waals surface area contributed by atoms with Gasteiger partial charge in [-0.15, -0.1) is 11.8 Å². The highest BCUT2D eigenvalue weighted by atomic mass is 32.2. The first-order chi connectivity index (χ1) is 8.35. The molecule has 1 rings (SSSR count). The van der Waals surface area contributed by atoms with Crippen molar-refractivity contribution in [3.05, 3.63) is 0 Å². The Kier molecular flexibility index (Phi) is 5.47.